The van der Waals surface area contributed by atoms with Gasteiger partial charge in [-0.15, -0.1) is 15.3 Å². The van der Waals surface area contributed by atoms with Crippen LogP contribution in [0.25, 0.3) is 5.65 Å². The van der Waals surface area contributed by atoms with Crippen LogP contribution in [-0.4, -0.2) is 60.9 Å². The average Bonchev–Trinajstić information content (AvgIpc) is 3.39. The van der Waals surface area contributed by atoms with E-state index < -0.39 is 0 Å². The third kappa shape index (κ3) is 3.37. The van der Waals surface area contributed by atoms with Crippen LogP contribution in [0.5, 0.6) is 0 Å². The second-order valence-electron chi connectivity index (χ2n) is 7.43. The quantitative estimate of drug-likeness (QED) is 0.700. The molecule has 0 unspecified atom stereocenters. The fraction of sp³-hybridized carbons (Fsp3) is 0.526. The van der Waals surface area contributed by atoms with E-state index in [9.17, 15) is 0 Å². The van der Waals surface area contributed by atoms with Gasteiger partial charge in [-0.1, -0.05) is 0 Å². The molecule has 0 saturated carbocycles. The molecule has 8 heteroatoms. The maximum Gasteiger partial charge on any atom is 0.178 e. The van der Waals surface area contributed by atoms with E-state index in [4.69, 9.17) is 5.10 Å². The summed E-state index contributed by atoms with van der Waals surface area (Å²) in [6.07, 6.45) is 8.23. The van der Waals surface area contributed by atoms with Crippen molar-refractivity contribution in [1.29, 1.82) is 0 Å². The molecule has 5 rings (SSSR count). The molecule has 140 valence electrons. The summed E-state index contributed by atoms with van der Waals surface area (Å²) in [5.74, 6) is 3.33. The van der Waals surface area contributed by atoms with Gasteiger partial charge in [-0.2, -0.15) is 4.52 Å². The first-order valence-electron chi connectivity index (χ1n) is 9.82. The highest BCUT2D eigenvalue weighted by Gasteiger charge is 2.26. The van der Waals surface area contributed by atoms with E-state index in [0.717, 1.165) is 68.7 Å². The summed E-state index contributed by atoms with van der Waals surface area (Å²) in [7, 11) is 0. The van der Waals surface area contributed by atoms with Crippen LogP contribution in [0.15, 0.2) is 30.6 Å². The molecule has 0 radical (unpaired) electrons. The van der Waals surface area contributed by atoms with Crippen molar-refractivity contribution in [2.75, 3.05) is 31.1 Å². The van der Waals surface area contributed by atoms with Crippen LogP contribution >= 0.6 is 0 Å². The molecule has 2 aliphatic heterocycles. The van der Waals surface area contributed by atoms with Crippen molar-refractivity contribution in [3.05, 3.63) is 42.2 Å². The number of hydrogen-bond acceptors (Lipinski definition) is 7. The lowest BCUT2D eigenvalue weighted by molar-refractivity contribution is 0.196. The first kappa shape index (κ1) is 16.6. The zero-order valence-corrected chi connectivity index (χ0v) is 15.4. The molecule has 0 amide bonds. The summed E-state index contributed by atoms with van der Waals surface area (Å²) in [6, 6.07) is 5.97. The molecule has 0 aromatic carbocycles. The highest BCUT2D eigenvalue weighted by Crippen LogP contribution is 2.28. The van der Waals surface area contributed by atoms with Crippen LogP contribution in [-0.2, 0) is 6.54 Å². The smallest absolute Gasteiger partial charge is 0.178 e. The first-order valence-corrected chi connectivity index (χ1v) is 9.82. The van der Waals surface area contributed by atoms with E-state index in [1.807, 2.05) is 16.6 Å². The number of nitrogens with zero attached hydrogens (tertiary/aromatic N) is 8. The van der Waals surface area contributed by atoms with Gasteiger partial charge in [0, 0.05) is 31.4 Å². The van der Waals surface area contributed by atoms with Crippen molar-refractivity contribution in [2.24, 2.45) is 0 Å². The van der Waals surface area contributed by atoms with E-state index >= 15 is 0 Å². The van der Waals surface area contributed by atoms with Gasteiger partial charge in [0.25, 0.3) is 0 Å². The number of aromatic nitrogens is 6. The number of rotatable bonds is 4. The molecule has 0 aliphatic carbocycles. The van der Waals surface area contributed by atoms with Crippen LogP contribution in [0, 0.1) is 0 Å². The van der Waals surface area contributed by atoms with Gasteiger partial charge in [-0.25, -0.2) is 9.97 Å². The van der Waals surface area contributed by atoms with Crippen LogP contribution in [0.2, 0.25) is 0 Å². The highest BCUT2D eigenvalue weighted by molar-refractivity contribution is 5.46. The standard InChI is InChI=1S/C19H24N8/c1-2-11-26(10-1)18-5-4-17-22-23-19(27(17)24-18)15-6-12-25(13-7-15)14-16-20-8-3-9-21-16/h3-5,8-9,15H,1-2,6-7,10-14H2. The summed E-state index contributed by atoms with van der Waals surface area (Å²) in [5.41, 5.74) is 0.841. The maximum absolute atomic E-state index is 4.86. The minimum Gasteiger partial charge on any atom is -0.355 e. The van der Waals surface area contributed by atoms with E-state index in [1.165, 1.54) is 12.8 Å². The highest BCUT2D eigenvalue weighted by atomic mass is 15.4. The fourth-order valence-electron chi connectivity index (χ4n) is 4.13. The molecule has 2 fully saturated rings. The summed E-state index contributed by atoms with van der Waals surface area (Å²) in [4.78, 5) is 13.4. The van der Waals surface area contributed by atoms with Crippen molar-refractivity contribution >= 4 is 11.5 Å². The lowest BCUT2D eigenvalue weighted by Crippen LogP contribution is -2.33. The summed E-state index contributed by atoms with van der Waals surface area (Å²) < 4.78 is 1.97. The minimum absolute atomic E-state index is 0.397. The van der Waals surface area contributed by atoms with Gasteiger partial charge >= 0.3 is 0 Å². The normalized spacial score (nSPS) is 19.2. The maximum atomic E-state index is 4.86. The number of piperidine rings is 1. The topological polar surface area (TPSA) is 75.3 Å². The molecular formula is C19H24N8. The van der Waals surface area contributed by atoms with Crippen molar-refractivity contribution in [3.8, 4) is 0 Å². The van der Waals surface area contributed by atoms with Gasteiger partial charge in [0.05, 0.1) is 6.54 Å². The van der Waals surface area contributed by atoms with Crippen molar-refractivity contribution in [2.45, 2.75) is 38.1 Å². The molecule has 8 nitrogen and oxygen atoms in total. The molecule has 5 heterocycles. The van der Waals surface area contributed by atoms with Crippen LogP contribution in [0.3, 0.4) is 0 Å². The van der Waals surface area contributed by atoms with Crippen LogP contribution in [0.4, 0.5) is 5.82 Å². The third-order valence-electron chi connectivity index (χ3n) is 5.64. The molecule has 3 aromatic heterocycles. The molecule has 0 bridgehead atoms. The summed E-state index contributed by atoms with van der Waals surface area (Å²) >= 11 is 0. The van der Waals surface area contributed by atoms with Crippen molar-refractivity contribution in [3.63, 3.8) is 0 Å². The second kappa shape index (κ2) is 7.19. The van der Waals surface area contributed by atoms with Gasteiger partial charge in [0.15, 0.2) is 11.5 Å². The summed E-state index contributed by atoms with van der Waals surface area (Å²) in [5, 5.41) is 13.7. The number of hydrogen-bond donors (Lipinski definition) is 0. The Morgan fingerprint density at radius 3 is 2.48 bits per heavy atom. The Bertz CT molecular complexity index is 894. The fourth-order valence-corrected chi connectivity index (χ4v) is 4.13. The average molecular weight is 364 g/mol. The molecule has 0 N–H and O–H groups in total. The lowest BCUT2D eigenvalue weighted by Gasteiger charge is -2.30. The summed E-state index contributed by atoms with van der Waals surface area (Å²) in [6.45, 7) is 5.03. The third-order valence-corrected chi connectivity index (χ3v) is 5.64. The Labute approximate surface area is 158 Å². The predicted molar refractivity (Wildman–Crippen MR) is 102 cm³/mol. The lowest BCUT2D eigenvalue weighted by atomic mass is 9.96. The molecular weight excluding hydrogens is 340 g/mol. The zero-order valence-electron chi connectivity index (χ0n) is 15.4. The van der Waals surface area contributed by atoms with Crippen molar-refractivity contribution in [1.82, 2.24) is 34.7 Å². The van der Waals surface area contributed by atoms with E-state index in [0.29, 0.717) is 5.92 Å². The molecule has 2 saturated heterocycles. The van der Waals surface area contributed by atoms with Gasteiger partial charge < -0.3 is 4.90 Å². The molecule has 3 aromatic rings. The Hall–Kier alpha value is -2.61. The van der Waals surface area contributed by atoms with E-state index in [-0.39, 0.29) is 0 Å². The largest absolute Gasteiger partial charge is 0.355 e. The van der Waals surface area contributed by atoms with Gasteiger partial charge in [0.2, 0.25) is 0 Å². The zero-order chi connectivity index (χ0) is 18.1. The first-order chi connectivity index (χ1) is 13.4. The van der Waals surface area contributed by atoms with E-state index in [2.05, 4.69) is 36.0 Å². The van der Waals surface area contributed by atoms with Crippen LogP contribution < -0.4 is 4.90 Å². The van der Waals surface area contributed by atoms with Gasteiger partial charge in [-0.05, 0) is 57.0 Å². The Kier molecular flexibility index (Phi) is 4.41. The van der Waals surface area contributed by atoms with Gasteiger partial charge in [0.1, 0.15) is 11.6 Å². The van der Waals surface area contributed by atoms with E-state index in [1.54, 1.807) is 12.4 Å². The van der Waals surface area contributed by atoms with Crippen LogP contribution in [0.1, 0.15) is 43.3 Å². The Morgan fingerprint density at radius 1 is 0.926 bits per heavy atom. The SMILES string of the molecule is c1cnc(CN2CCC(c3nnc4ccc(N5CCCC5)nn34)CC2)nc1. The monoisotopic (exact) mass is 364 g/mol. The predicted octanol–water partition coefficient (Wildman–Crippen LogP) is 1.89. The Balaban J connectivity index is 1.30. The molecule has 27 heavy (non-hydrogen) atoms. The molecule has 2 aliphatic rings. The molecule has 0 spiro atoms. The molecule has 0 atom stereocenters. The number of likely N-dealkylation sites (tertiary alicyclic amines) is 1. The van der Waals surface area contributed by atoms with Gasteiger partial charge in [-0.3, -0.25) is 4.90 Å². The minimum atomic E-state index is 0.397. The Morgan fingerprint density at radius 2 is 1.70 bits per heavy atom. The van der Waals surface area contributed by atoms with Crippen molar-refractivity contribution < 1.29 is 0 Å². The number of anilines is 1. The number of fused-ring (bicyclic) bond motifs is 1. The second-order valence-corrected chi connectivity index (χ2v) is 7.43.